The van der Waals surface area contributed by atoms with Crippen LogP contribution < -0.4 is 82.0 Å². The van der Waals surface area contributed by atoms with E-state index in [0.717, 1.165) is 91.6 Å². The normalized spacial score (nSPS) is 11.7. The summed E-state index contributed by atoms with van der Waals surface area (Å²) in [7, 11) is 6.21. The van der Waals surface area contributed by atoms with E-state index in [1.54, 1.807) is 161 Å². The topological polar surface area (TPSA) is 529 Å². The summed E-state index contributed by atoms with van der Waals surface area (Å²) in [4.78, 5) is 132. The van der Waals surface area contributed by atoms with Crippen LogP contribution in [0.15, 0.2) is 217 Å². The van der Waals surface area contributed by atoms with Crippen LogP contribution in [-0.2, 0) is 47.8 Å². The minimum absolute atomic E-state index is 0.0236. The van der Waals surface area contributed by atoms with Crippen LogP contribution in [0.4, 0.5) is 53.4 Å². The Balaban J connectivity index is 0.000000172. The molecule has 0 atom stereocenters. The SMILES string of the molecule is CC(C)(C)OC(=O)n1c(=O)[nH]c2cc(Br)cnc21.CC(C)(C)OC(=O)n1c(=O)n(-c2ccc3[nH]ccc3c2)c2cc(Br)cnc21.CCOC(=O)N1C(=O)Cc2ncc(Br)cc21.CCOC(=O)Oc1ccccn1.COc1cc(-c2cnc3c(c2)N(c2ccc4c(c2)CCN4)C(=O)C3)cc(OC)c1OC.COc1cc(B(O)O)cc(OC)c1OC.Nc1cc(Br)cnc1N.OB(O)c1ccc2[nH]ccc2c1.[B]=S. The first-order valence-electron chi connectivity index (χ1n) is 42.7. The van der Waals surface area contributed by atoms with E-state index in [-0.39, 0.29) is 47.5 Å². The Labute approximate surface area is 852 Å². The monoisotopic (exact) mass is 2210 g/mol. The number of carbonyl (C=O) groups is 6. The van der Waals surface area contributed by atoms with Gasteiger partial charge >= 0.3 is 68.8 Å². The summed E-state index contributed by atoms with van der Waals surface area (Å²) in [6.45, 7) is 19.4. The zero-order chi connectivity index (χ0) is 104. The maximum absolute atomic E-state index is 13.2. The van der Waals surface area contributed by atoms with Gasteiger partial charge in [-0.1, -0.05) is 18.2 Å². The van der Waals surface area contributed by atoms with E-state index < -0.39 is 61.3 Å². The summed E-state index contributed by atoms with van der Waals surface area (Å²) < 4.78 is 62.5. The van der Waals surface area contributed by atoms with Crippen LogP contribution in [-0.4, -0.2) is 209 Å². The third-order valence-electron chi connectivity index (χ3n) is 19.9. The molecule has 15 aromatic rings. The summed E-state index contributed by atoms with van der Waals surface area (Å²) in [6.07, 6.45) is 11.7. The average molecular weight is 2220 g/mol. The molecule has 142 heavy (non-hydrogen) atoms. The molecule has 40 nitrogen and oxygen atoms in total. The Morgan fingerprint density at radius 2 is 1.05 bits per heavy atom. The van der Waals surface area contributed by atoms with Crippen molar-refractivity contribution < 1.29 is 101 Å². The Morgan fingerprint density at radius 3 is 1.62 bits per heavy atom. The number of aromatic amines is 3. The molecule has 3 aliphatic heterocycles. The third kappa shape index (κ3) is 28.1. The van der Waals surface area contributed by atoms with Gasteiger partial charge in [0.1, 0.15) is 17.0 Å². The summed E-state index contributed by atoms with van der Waals surface area (Å²) in [5.74, 6) is 3.20. The first-order valence-corrected chi connectivity index (χ1v) is 46.3. The summed E-state index contributed by atoms with van der Waals surface area (Å²) in [5, 5.41) is 41.1. The van der Waals surface area contributed by atoms with E-state index >= 15 is 0 Å². The fourth-order valence-corrected chi connectivity index (χ4v) is 15.1. The van der Waals surface area contributed by atoms with Gasteiger partial charge in [-0.25, -0.2) is 53.6 Å². The number of imidazole rings is 2. The number of hydrogen-bond acceptors (Lipinski definition) is 33. The molecule has 0 bridgehead atoms. The van der Waals surface area contributed by atoms with Crippen LogP contribution in [0, 0.1) is 0 Å². The number of halogens is 4. The van der Waals surface area contributed by atoms with Crippen molar-refractivity contribution in [2.45, 2.75) is 85.9 Å². The predicted molar refractivity (Wildman–Crippen MR) is 555 cm³/mol. The molecule has 18 rings (SSSR count). The zero-order valence-corrected chi connectivity index (χ0v) is 86.1. The number of carbonyl (C=O) groups excluding carboxylic acids is 6. The molecule has 0 aliphatic carbocycles. The van der Waals surface area contributed by atoms with Crippen molar-refractivity contribution in [3.63, 3.8) is 0 Å². The Morgan fingerprint density at radius 1 is 0.514 bits per heavy atom. The number of hydrogen-bond donors (Lipinski definition) is 10. The Kier molecular flexibility index (Phi) is 38.7. The van der Waals surface area contributed by atoms with Crippen LogP contribution in [0.3, 0.4) is 0 Å². The van der Waals surface area contributed by atoms with Gasteiger partial charge in [0.2, 0.25) is 29.2 Å². The molecule has 3 aliphatic rings. The second kappa shape index (κ2) is 50.1. The number of benzene rings is 5. The number of ether oxygens (including phenoxy) is 11. The quantitative estimate of drug-likeness (QED) is 0.0275. The van der Waals surface area contributed by atoms with Gasteiger partial charge in [-0.2, -0.15) is 9.13 Å². The number of nitrogens with one attached hydrogen (secondary N) is 4. The predicted octanol–water partition coefficient (Wildman–Crippen LogP) is 14.5. The minimum atomic E-state index is -1.57. The Bertz CT molecular complexity index is 7130. The number of anilines is 6. The van der Waals surface area contributed by atoms with Gasteiger partial charge in [0, 0.05) is 113 Å². The molecular formula is C94H97B3Br4N17O23S. The van der Waals surface area contributed by atoms with Crippen molar-refractivity contribution in [3.8, 4) is 57.2 Å². The first-order chi connectivity index (χ1) is 67.7. The van der Waals surface area contributed by atoms with Crippen LogP contribution >= 0.6 is 75.8 Å². The summed E-state index contributed by atoms with van der Waals surface area (Å²) in [5.41, 5.74) is 21.3. The number of H-pyrrole nitrogens is 3. The number of nitrogens with two attached hydrogens (primary N) is 2. The number of methoxy groups -OCH3 is 6. The fraction of sp³-hybridized carbons (Fsp3) is 0.234. The molecule has 0 unspecified atom stereocenters. The molecule has 13 heterocycles. The van der Waals surface area contributed by atoms with Gasteiger partial charge in [0.25, 0.3) is 0 Å². The molecule has 739 valence electrons. The molecule has 0 spiro atoms. The Hall–Kier alpha value is -14.4. The van der Waals surface area contributed by atoms with Gasteiger partial charge in [-0.3, -0.25) is 29.0 Å². The molecule has 0 saturated heterocycles. The molecule has 10 aromatic heterocycles. The van der Waals surface area contributed by atoms with Gasteiger partial charge in [-0.15, -0.1) is 0 Å². The molecule has 5 aromatic carbocycles. The number of rotatable bonds is 14. The number of aromatic nitrogens is 12. The summed E-state index contributed by atoms with van der Waals surface area (Å²) >= 11 is 16.7. The van der Waals surface area contributed by atoms with E-state index in [0.29, 0.717) is 102 Å². The number of nitrogens with zero attached hydrogens (tertiary/aromatic N) is 11. The van der Waals surface area contributed by atoms with Gasteiger partial charge in [0.05, 0.1) is 114 Å². The summed E-state index contributed by atoms with van der Waals surface area (Å²) in [6, 6.07) is 41.4. The molecule has 1 radical (unpaired) electrons. The third-order valence-corrected chi connectivity index (χ3v) is 21.7. The van der Waals surface area contributed by atoms with Crippen molar-refractivity contribution in [1.29, 1.82) is 0 Å². The first kappa shape index (κ1) is 110. The number of imide groups is 1. The number of nitrogen functional groups attached to an aromatic ring is 2. The van der Waals surface area contributed by atoms with Crippen molar-refractivity contribution in [3.05, 3.63) is 245 Å². The number of amides is 3. The molecule has 48 heteroatoms. The van der Waals surface area contributed by atoms with E-state index in [9.17, 15) is 38.4 Å². The second-order valence-corrected chi connectivity index (χ2v) is 35.5. The standard InChI is InChI=1S/C24H23N3O4.C19H17BrN4O3.C11H12BrN3O3.C10H9BrN2O3.C9H13BO5.C8H8BNO2.C8H9NO3.C5H6BrN3.BS/c1-29-21-10-15(11-22(30-2)24(21)31-3)16-9-20-19(26-13-16)12-23(28)27(20)17-4-5-18-14(8-17)6-7-25-18;1-19(2,3)27-18(26)24-16-15(9-12(20)10-22-16)23(17(24)25)13-4-5-14-11(8-13)6-7-21-14;1-11(2,3)18-10(17)15-8-7(14-9(15)16)4-6(12)5-13-8;1-2-16-10(15)13-8-3-6(11)5-12-7(8)4-9(13)14;1-13-7-4-6(10(11)12)5-8(14-2)9(7)15-3;11-9(12)7-1-2-8-6(5-7)3-4-10-8;1-2-11-8(10)12-7-5-3-4-6-9-7;6-3-1-4(7)5(8)9-2-3;1-2/h4-5,8-11,13,25H,6-7,12H2,1-3H3;4-10,21H,1-3H3;4-5H,1-3H3,(H,14,16);3,5H,2,4H2,1H3;4-5,11-12H,1-3H3;1-5,10-12H;3-6H,2H2,1H3;1-2H,7H2,(H2,8,9);. The molecule has 3 amide bonds. The molecule has 0 fully saturated rings. The van der Waals surface area contributed by atoms with Crippen molar-refractivity contribution in [1.82, 2.24) is 58.6 Å². The molecule has 0 saturated carbocycles. The number of pyridine rings is 6. The van der Waals surface area contributed by atoms with Crippen LogP contribution in [0.1, 0.15) is 72.3 Å². The van der Waals surface area contributed by atoms with Gasteiger partial charge in [-0.05, 0) is 268 Å². The maximum atomic E-state index is 13.2. The molecule has 12 N–H and O–H groups in total. The second-order valence-electron chi connectivity index (χ2n) is 31.8. The zero-order valence-electron chi connectivity index (χ0n) is 78.9. The van der Waals surface area contributed by atoms with Crippen LogP contribution in [0.5, 0.6) is 40.4 Å². The van der Waals surface area contributed by atoms with E-state index in [1.165, 1.54) is 56.0 Å². The van der Waals surface area contributed by atoms with E-state index in [1.807, 2.05) is 79.1 Å². The fourth-order valence-electron chi connectivity index (χ4n) is 13.8. The van der Waals surface area contributed by atoms with Crippen molar-refractivity contribution >= 4 is 222 Å². The van der Waals surface area contributed by atoms with Gasteiger partial charge in [0.15, 0.2) is 34.3 Å². The van der Waals surface area contributed by atoms with E-state index in [4.69, 9.17) is 74.2 Å². The van der Waals surface area contributed by atoms with Crippen LogP contribution in [0.2, 0.25) is 0 Å². The van der Waals surface area contributed by atoms with Gasteiger partial charge < -0.3 is 104 Å². The number of fused-ring (bicyclic) bond motifs is 7. The van der Waals surface area contributed by atoms with Crippen LogP contribution in [0.25, 0.3) is 60.9 Å². The molecular weight excluding hydrogens is 2120 g/mol. The average Bonchev–Trinajstić information content (AvgIpc) is 1.59. The van der Waals surface area contributed by atoms with E-state index in [2.05, 4.69) is 148 Å². The van der Waals surface area contributed by atoms with Crippen molar-refractivity contribution in [2.24, 2.45) is 0 Å². The van der Waals surface area contributed by atoms with Crippen molar-refractivity contribution in [2.75, 3.05) is 89.0 Å².